The number of unbranched alkanes of at least 4 members (excludes halogenated alkanes) is 3. The molecule has 92 valence electrons. The highest BCUT2D eigenvalue weighted by atomic mass is 15.2. The van der Waals surface area contributed by atoms with E-state index in [2.05, 4.69) is 30.5 Å². The molecular weight excluding hydrogens is 198 g/mol. The van der Waals surface area contributed by atoms with E-state index in [1.165, 1.54) is 31.2 Å². The van der Waals surface area contributed by atoms with Gasteiger partial charge in [0.05, 0.1) is 6.20 Å². The minimum absolute atomic E-state index is 0.468. The summed E-state index contributed by atoms with van der Waals surface area (Å²) >= 11 is 0. The molecule has 0 aliphatic rings. The van der Waals surface area contributed by atoms with E-state index >= 15 is 0 Å². The summed E-state index contributed by atoms with van der Waals surface area (Å²) in [5.74, 6) is 0. The molecule has 1 aromatic rings. The molecule has 3 heteroatoms. The van der Waals surface area contributed by atoms with Crippen molar-refractivity contribution >= 4 is 0 Å². The lowest BCUT2D eigenvalue weighted by Crippen LogP contribution is -2.21. The molecule has 0 aliphatic carbocycles. The number of hydrogen-bond donors (Lipinski definition) is 1. The average Bonchev–Trinajstić information content (AvgIpc) is 2.70. The van der Waals surface area contributed by atoms with Crippen molar-refractivity contribution in [3.05, 3.63) is 18.0 Å². The zero-order chi connectivity index (χ0) is 11.8. The average molecular weight is 223 g/mol. The number of hydrogen-bond acceptors (Lipinski definition) is 2. The summed E-state index contributed by atoms with van der Waals surface area (Å²) in [6, 6.07) is 0.468. The molecular formula is C13H25N3. The highest BCUT2D eigenvalue weighted by Gasteiger charge is 2.09. The Balaban J connectivity index is 2.27. The summed E-state index contributed by atoms with van der Waals surface area (Å²) in [5, 5.41) is 7.82. The molecule has 3 nitrogen and oxygen atoms in total. The highest BCUT2D eigenvalue weighted by Crippen LogP contribution is 2.15. The predicted octanol–water partition coefficient (Wildman–Crippen LogP) is 3.04. The van der Waals surface area contributed by atoms with Crippen molar-refractivity contribution in [2.24, 2.45) is 7.05 Å². The van der Waals surface area contributed by atoms with Crippen molar-refractivity contribution in [1.82, 2.24) is 15.1 Å². The third-order valence-electron chi connectivity index (χ3n) is 2.96. The second-order valence-corrected chi connectivity index (χ2v) is 4.42. The molecule has 0 saturated carbocycles. The van der Waals surface area contributed by atoms with Crippen LogP contribution in [0.25, 0.3) is 0 Å². The Labute approximate surface area is 99.2 Å². The van der Waals surface area contributed by atoms with Gasteiger partial charge in [-0.25, -0.2) is 0 Å². The zero-order valence-electron chi connectivity index (χ0n) is 10.9. The largest absolute Gasteiger partial charge is 0.310 e. The first-order valence-electron chi connectivity index (χ1n) is 6.49. The molecule has 16 heavy (non-hydrogen) atoms. The Morgan fingerprint density at radius 2 is 2.12 bits per heavy atom. The SMILES string of the molecule is CCCCCCNC(CC)c1cnn(C)c1. The fourth-order valence-corrected chi connectivity index (χ4v) is 1.95. The molecule has 1 N–H and O–H groups in total. The zero-order valence-corrected chi connectivity index (χ0v) is 10.9. The molecule has 0 aromatic carbocycles. The Morgan fingerprint density at radius 3 is 2.69 bits per heavy atom. The first-order chi connectivity index (χ1) is 7.77. The van der Waals surface area contributed by atoms with Crippen molar-refractivity contribution in [3.63, 3.8) is 0 Å². The lowest BCUT2D eigenvalue weighted by atomic mass is 10.1. The predicted molar refractivity (Wildman–Crippen MR) is 68.4 cm³/mol. The van der Waals surface area contributed by atoms with Crippen LogP contribution in [0.15, 0.2) is 12.4 Å². The maximum Gasteiger partial charge on any atom is 0.0537 e. The van der Waals surface area contributed by atoms with Crippen molar-refractivity contribution in [2.45, 2.75) is 52.0 Å². The summed E-state index contributed by atoms with van der Waals surface area (Å²) < 4.78 is 1.87. The van der Waals surface area contributed by atoms with Crippen LogP contribution in [0.2, 0.25) is 0 Å². The van der Waals surface area contributed by atoms with Gasteiger partial charge >= 0.3 is 0 Å². The van der Waals surface area contributed by atoms with Gasteiger partial charge in [0.1, 0.15) is 0 Å². The fraction of sp³-hybridized carbons (Fsp3) is 0.769. The maximum absolute atomic E-state index is 4.22. The summed E-state index contributed by atoms with van der Waals surface area (Å²) in [7, 11) is 1.97. The molecule has 0 aliphatic heterocycles. The Morgan fingerprint density at radius 1 is 1.31 bits per heavy atom. The van der Waals surface area contributed by atoms with Crippen LogP contribution in [-0.4, -0.2) is 16.3 Å². The molecule has 0 bridgehead atoms. The summed E-state index contributed by atoms with van der Waals surface area (Å²) in [6.07, 6.45) is 10.5. The minimum atomic E-state index is 0.468. The van der Waals surface area contributed by atoms with Gasteiger partial charge < -0.3 is 5.32 Å². The van der Waals surface area contributed by atoms with Gasteiger partial charge in [0.15, 0.2) is 0 Å². The third kappa shape index (κ3) is 4.35. The van der Waals surface area contributed by atoms with Crippen LogP contribution in [-0.2, 0) is 7.05 Å². The van der Waals surface area contributed by atoms with E-state index in [9.17, 15) is 0 Å². The molecule has 0 spiro atoms. The molecule has 1 rings (SSSR count). The number of aromatic nitrogens is 2. The van der Waals surface area contributed by atoms with Gasteiger partial charge in [-0.1, -0.05) is 33.1 Å². The monoisotopic (exact) mass is 223 g/mol. The maximum atomic E-state index is 4.22. The van der Waals surface area contributed by atoms with E-state index in [4.69, 9.17) is 0 Å². The Kier molecular flexibility index (Phi) is 6.16. The van der Waals surface area contributed by atoms with Crippen LogP contribution in [0.3, 0.4) is 0 Å². The topological polar surface area (TPSA) is 29.9 Å². The third-order valence-corrected chi connectivity index (χ3v) is 2.96. The van der Waals surface area contributed by atoms with E-state index in [1.54, 1.807) is 0 Å². The van der Waals surface area contributed by atoms with Crippen LogP contribution in [0, 0.1) is 0 Å². The van der Waals surface area contributed by atoms with Gasteiger partial charge in [-0.05, 0) is 19.4 Å². The molecule has 0 amide bonds. The van der Waals surface area contributed by atoms with Gasteiger partial charge in [0.2, 0.25) is 0 Å². The number of aryl methyl sites for hydroxylation is 1. The first kappa shape index (κ1) is 13.2. The Bertz CT molecular complexity index is 280. The van der Waals surface area contributed by atoms with Crippen molar-refractivity contribution in [3.8, 4) is 0 Å². The molecule has 1 heterocycles. The van der Waals surface area contributed by atoms with Gasteiger partial charge in [-0.2, -0.15) is 5.10 Å². The number of rotatable bonds is 8. The van der Waals surface area contributed by atoms with E-state index < -0.39 is 0 Å². The van der Waals surface area contributed by atoms with Gasteiger partial charge in [-0.15, -0.1) is 0 Å². The van der Waals surface area contributed by atoms with E-state index in [0.717, 1.165) is 13.0 Å². The lowest BCUT2D eigenvalue weighted by Gasteiger charge is -2.15. The van der Waals surface area contributed by atoms with Crippen LogP contribution in [0.5, 0.6) is 0 Å². The van der Waals surface area contributed by atoms with Gasteiger partial charge in [-0.3, -0.25) is 4.68 Å². The summed E-state index contributed by atoms with van der Waals surface area (Å²) in [4.78, 5) is 0. The standard InChI is InChI=1S/C13H25N3/c1-4-6-7-8-9-14-13(5-2)12-10-15-16(3)11-12/h10-11,13-14H,4-9H2,1-3H3. The number of nitrogens with zero attached hydrogens (tertiary/aromatic N) is 2. The van der Waals surface area contributed by atoms with Crippen LogP contribution in [0.4, 0.5) is 0 Å². The normalized spacial score (nSPS) is 12.9. The lowest BCUT2D eigenvalue weighted by molar-refractivity contribution is 0.497. The van der Waals surface area contributed by atoms with Crippen LogP contribution >= 0.6 is 0 Å². The second kappa shape index (κ2) is 7.44. The highest BCUT2D eigenvalue weighted by molar-refractivity contribution is 5.09. The van der Waals surface area contributed by atoms with Gasteiger partial charge in [0, 0.05) is 24.8 Å². The van der Waals surface area contributed by atoms with Crippen molar-refractivity contribution in [2.75, 3.05) is 6.54 Å². The van der Waals surface area contributed by atoms with Crippen LogP contribution < -0.4 is 5.32 Å². The molecule has 1 unspecified atom stereocenters. The number of nitrogens with one attached hydrogen (secondary N) is 1. The van der Waals surface area contributed by atoms with Crippen LogP contribution in [0.1, 0.15) is 57.6 Å². The first-order valence-corrected chi connectivity index (χ1v) is 6.49. The second-order valence-electron chi connectivity index (χ2n) is 4.42. The van der Waals surface area contributed by atoms with Crippen molar-refractivity contribution in [1.29, 1.82) is 0 Å². The Hall–Kier alpha value is -0.830. The van der Waals surface area contributed by atoms with Crippen molar-refractivity contribution < 1.29 is 0 Å². The van der Waals surface area contributed by atoms with E-state index in [-0.39, 0.29) is 0 Å². The quantitative estimate of drug-likeness (QED) is 0.686. The van der Waals surface area contributed by atoms with Gasteiger partial charge in [0.25, 0.3) is 0 Å². The fourth-order valence-electron chi connectivity index (χ4n) is 1.95. The van der Waals surface area contributed by atoms with E-state index in [0.29, 0.717) is 6.04 Å². The molecule has 1 aromatic heterocycles. The minimum Gasteiger partial charge on any atom is -0.310 e. The summed E-state index contributed by atoms with van der Waals surface area (Å²) in [6.45, 7) is 5.59. The molecule has 1 atom stereocenters. The summed E-state index contributed by atoms with van der Waals surface area (Å²) in [5.41, 5.74) is 1.31. The smallest absolute Gasteiger partial charge is 0.0537 e. The molecule has 0 fully saturated rings. The molecule has 0 radical (unpaired) electrons. The van der Waals surface area contributed by atoms with E-state index in [1.807, 2.05) is 17.9 Å². The molecule has 0 saturated heterocycles.